The van der Waals surface area contributed by atoms with Gasteiger partial charge in [0, 0.05) is 44.4 Å². The molecule has 1 N–H and O–H groups in total. The summed E-state index contributed by atoms with van der Waals surface area (Å²) in [5.74, 6) is 1.50. The highest BCUT2D eigenvalue weighted by atomic mass is 16.5. The molecule has 1 aromatic heterocycles. The van der Waals surface area contributed by atoms with Gasteiger partial charge in [0.15, 0.2) is 0 Å². The summed E-state index contributed by atoms with van der Waals surface area (Å²) in [6, 6.07) is 2.10. The molecule has 25 heavy (non-hydrogen) atoms. The molecule has 3 heterocycles. The van der Waals surface area contributed by atoms with Crippen LogP contribution in [-0.4, -0.2) is 42.3 Å². The van der Waals surface area contributed by atoms with Crippen LogP contribution in [0.3, 0.4) is 0 Å². The number of nitrogens with one attached hydrogen (secondary N) is 1. The van der Waals surface area contributed by atoms with Crippen molar-refractivity contribution in [2.45, 2.75) is 66.0 Å². The van der Waals surface area contributed by atoms with Crippen LogP contribution in [0.25, 0.3) is 0 Å². The molecule has 5 nitrogen and oxygen atoms in total. The first-order valence-corrected chi connectivity index (χ1v) is 9.85. The van der Waals surface area contributed by atoms with E-state index in [9.17, 15) is 0 Å². The Labute approximate surface area is 152 Å². The molecule has 0 radical (unpaired) electrons. The van der Waals surface area contributed by atoms with E-state index in [1.165, 1.54) is 19.3 Å². The van der Waals surface area contributed by atoms with Gasteiger partial charge in [-0.15, -0.1) is 0 Å². The maximum Gasteiger partial charge on any atom is 0.225 e. The molecule has 3 rings (SSSR count). The molecule has 0 amide bonds. The van der Waals surface area contributed by atoms with Crippen molar-refractivity contribution in [1.29, 1.82) is 0 Å². The fraction of sp³-hybridized carbons (Fsp3) is 0.800. The Morgan fingerprint density at radius 1 is 1.20 bits per heavy atom. The fourth-order valence-electron chi connectivity index (χ4n) is 4.13. The van der Waals surface area contributed by atoms with Crippen molar-refractivity contribution in [2.75, 3.05) is 31.1 Å². The zero-order valence-electron chi connectivity index (χ0n) is 16.3. The summed E-state index contributed by atoms with van der Waals surface area (Å²) in [4.78, 5) is 11.8. The van der Waals surface area contributed by atoms with E-state index in [1.54, 1.807) is 0 Å². The number of aryl methyl sites for hydroxylation is 1. The lowest BCUT2D eigenvalue weighted by Gasteiger charge is -2.31. The van der Waals surface area contributed by atoms with Crippen LogP contribution in [0.4, 0.5) is 5.95 Å². The number of anilines is 1. The summed E-state index contributed by atoms with van der Waals surface area (Å²) in [6.07, 6.45) is 5.32. The number of hydrogen-bond acceptors (Lipinski definition) is 5. The number of nitrogens with zero attached hydrogens (tertiary/aromatic N) is 3. The fourth-order valence-corrected chi connectivity index (χ4v) is 4.13. The molecule has 2 fully saturated rings. The van der Waals surface area contributed by atoms with Crippen LogP contribution in [-0.2, 0) is 11.3 Å². The summed E-state index contributed by atoms with van der Waals surface area (Å²) in [6.45, 7) is 13.7. The molecule has 2 saturated heterocycles. The zero-order chi connectivity index (χ0) is 17.9. The van der Waals surface area contributed by atoms with E-state index in [2.05, 4.69) is 49.0 Å². The van der Waals surface area contributed by atoms with E-state index in [-0.39, 0.29) is 5.41 Å². The van der Waals surface area contributed by atoms with Crippen molar-refractivity contribution in [3.05, 3.63) is 17.5 Å². The van der Waals surface area contributed by atoms with Gasteiger partial charge in [-0.1, -0.05) is 20.8 Å². The third-order valence-electron chi connectivity index (χ3n) is 5.31. The first kappa shape index (κ1) is 18.6. The lowest BCUT2D eigenvalue weighted by Crippen LogP contribution is -2.37. The molecular formula is C20H34N4O. The first-order valence-electron chi connectivity index (χ1n) is 9.85. The Hall–Kier alpha value is -1.20. The van der Waals surface area contributed by atoms with Crippen molar-refractivity contribution >= 4 is 5.95 Å². The lowest BCUT2D eigenvalue weighted by molar-refractivity contribution is 0.00719. The molecule has 2 aliphatic heterocycles. The van der Waals surface area contributed by atoms with Gasteiger partial charge in [0.05, 0.1) is 11.8 Å². The first-order chi connectivity index (χ1) is 11.9. The Bertz CT molecular complexity index is 563. The second kappa shape index (κ2) is 8.00. The van der Waals surface area contributed by atoms with Crippen molar-refractivity contribution in [2.24, 2.45) is 11.3 Å². The topological polar surface area (TPSA) is 50.3 Å². The molecule has 5 heteroatoms. The van der Waals surface area contributed by atoms with Gasteiger partial charge in [-0.25, -0.2) is 9.97 Å². The summed E-state index contributed by atoms with van der Waals surface area (Å²) in [7, 11) is 0. The molecular weight excluding hydrogens is 312 g/mol. The second-order valence-electron chi connectivity index (χ2n) is 8.69. The minimum Gasteiger partial charge on any atom is -0.377 e. The Morgan fingerprint density at radius 2 is 1.96 bits per heavy atom. The number of piperidine rings is 1. The summed E-state index contributed by atoms with van der Waals surface area (Å²) >= 11 is 0. The smallest absolute Gasteiger partial charge is 0.225 e. The molecule has 0 aliphatic carbocycles. The van der Waals surface area contributed by atoms with E-state index in [1.807, 2.05) is 0 Å². The molecule has 1 aromatic rings. The van der Waals surface area contributed by atoms with E-state index in [0.29, 0.717) is 12.0 Å². The standard InChI is InChI=1S/C20H34N4O/c1-15-12-17(23-19(22-15)24-9-6-5-7-10-24)14-21-13-16-8-11-25-18(16)20(2,3)4/h12,16,18,21H,5-11,13-14H2,1-4H3/t16-,18+/m1/s1. The van der Waals surface area contributed by atoms with Crippen LogP contribution in [0.1, 0.15) is 57.8 Å². The van der Waals surface area contributed by atoms with Crippen molar-refractivity contribution in [3.63, 3.8) is 0 Å². The van der Waals surface area contributed by atoms with Crippen LogP contribution in [0.5, 0.6) is 0 Å². The van der Waals surface area contributed by atoms with Crippen molar-refractivity contribution < 1.29 is 4.74 Å². The average molecular weight is 347 g/mol. The average Bonchev–Trinajstić information content (AvgIpc) is 3.04. The largest absolute Gasteiger partial charge is 0.377 e. The van der Waals surface area contributed by atoms with Crippen LogP contribution >= 0.6 is 0 Å². The zero-order valence-corrected chi connectivity index (χ0v) is 16.3. The van der Waals surface area contributed by atoms with Gasteiger partial charge in [0.25, 0.3) is 0 Å². The predicted molar refractivity (Wildman–Crippen MR) is 102 cm³/mol. The highest BCUT2D eigenvalue weighted by Gasteiger charge is 2.36. The maximum atomic E-state index is 5.98. The Morgan fingerprint density at radius 3 is 2.68 bits per heavy atom. The predicted octanol–water partition coefficient (Wildman–Crippen LogP) is 3.32. The molecule has 0 unspecified atom stereocenters. The lowest BCUT2D eigenvalue weighted by atomic mass is 9.81. The van der Waals surface area contributed by atoms with E-state index in [0.717, 1.165) is 56.5 Å². The monoisotopic (exact) mass is 346 g/mol. The molecule has 140 valence electrons. The normalized spacial score (nSPS) is 24.7. The summed E-state index contributed by atoms with van der Waals surface area (Å²) < 4.78 is 5.98. The maximum absolute atomic E-state index is 5.98. The van der Waals surface area contributed by atoms with Crippen molar-refractivity contribution in [3.8, 4) is 0 Å². The van der Waals surface area contributed by atoms with Gasteiger partial charge < -0.3 is 15.0 Å². The molecule has 0 spiro atoms. The highest BCUT2D eigenvalue weighted by molar-refractivity contribution is 5.32. The minimum atomic E-state index is 0.204. The second-order valence-corrected chi connectivity index (χ2v) is 8.69. The number of ether oxygens (including phenoxy) is 1. The quantitative estimate of drug-likeness (QED) is 0.886. The molecule has 2 atom stereocenters. The molecule has 2 aliphatic rings. The van der Waals surface area contributed by atoms with Gasteiger partial charge in [-0.2, -0.15) is 0 Å². The van der Waals surface area contributed by atoms with Crippen LogP contribution in [0.15, 0.2) is 6.07 Å². The van der Waals surface area contributed by atoms with Crippen LogP contribution in [0.2, 0.25) is 0 Å². The van der Waals surface area contributed by atoms with Crippen LogP contribution < -0.4 is 10.2 Å². The van der Waals surface area contributed by atoms with Crippen molar-refractivity contribution in [1.82, 2.24) is 15.3 Å². The Kier molecular flexibility index (Phi) is 5.95. The summed E-state index contributed by atoms with van der Waals surface area (Å²) in [5.41, 5.74) is 2.36. The van der Waals surface area contributed by atoms with E-state index < -0.39 is 0 Å². The third-order valence-corrected chi connectivity index (χ3v) is 5.31. The Balaban J connectivity index is 1.57. The van der Waals surface area contributed by atoms with Gasteiger partial charge in [-0.05, 0) is 44.1 Å². The number of rotatable bonds is 5. The highest BCUT2D eigenvalue weighted by Crippen LogP contribution is 2.34. The molecule has 0 saturated carbocycles. The number of aromatic nitrogens is 2. The van der Waals surface area contributed by atoms with Gasteiger partial charge >= 0.3 is 0 Å². The molecule has 0 bridgehead atoms. The van der Waals surface area contributed by atoms with Gasteiger partial charge in [0.2, 0.25) is 5.95 Å². The SMILES string of the molecule is Cc1cc(CNC[C@H]2CCO[C@@H]2C(C)(C)C)nc(N2CCCCC2)n1. The third kappa shape index (κ3) is 4.91. The van der Waals surface area contributed by atoms with E-state index >= 15 is 0 Å². The van der Waals surface area contributed by atoms with E-state index in [4.69, 9.17) is 9.72 Å². The van der Waals surface area contributed by atoms with Gasteiger partial charge in [-0.3, -0.25) is 0 Å². The number of hydrogen-bond donors (Lipinski definition) is 1. The van der Waals surface area contributed by atoms with Crippen LogP contribution in [0, 0.1) is 18.3 Å². The molecule has 0 aromatic carbocycles. The van der Waals surface area contributed by atoms with Gasteiger partial charge in [0.1, 0.15) is 0 Å². The minimum absolute atomic E-state index is 0.204. The summed E-state index contributed by atoms with van der Waals surface area (Å²) in [5, 5.41) is 3.61.